The molecule has 1 N–H and O–H groups in total. The van der Waals surface area contributed by atoms with Crippen LogP contribution in [-0.4, -0.2) is 49.8 Å². The molecule has 1 aliphatic heterocycles. The first-order chi connectivity index (χ1) is 7.76. The Morgan fingerprint density at radius 1 is 1.25 bits per heavy atom. The third-order valence-electron chi connectivity index (χ3n) is 3.79. The van der Waals surface area contributed by atoms with Crippen molar-refractivity contribution in [3.63, 3.8) is 0 Å². The van der Waals surface area contributed by atoms with Crippen LogP contribution in [0.5, 0.6) is 0 Å². The van der Waals surface area contributed by atoms with Crippen molar-refractivity contribution in [2.24, 2.45) is 0 Å². The normalized spacial score (nSPS) is 21.9. The van der Waals surface area contributed by atoms with E-state index in [1.165, 1.54) is 32.4 Å². The minimum absolute atomic E-state index is 0.336. The lowest BCUT2D eigenvalue weighted by Gasteiger charge is -2.35. The van der Waals surface area contributed by atoms with Crippen LogP contribution in [0.1, 0.15) is 40.0 Å². The highest BCUT2D eigenvalue weighted by Gasteiger charge is 2.29. The van der Waals surface area contributed by atoms with Gasteiger partial charge in [-0.1, -0.05) is 13.8 Å². The number of hydrogen-bond donors (Lipinski definition) is 1. The van der Waals surface area contributed by atoms with Crippen molar-refractivity contribution in [1.82, 2.24) is 10.2 Å². The minimum Gasteiger partial charge on any atom is -0.380 e. The summed E-state index contributed by atoms with van der Waals surface area (Å²) >= 11 is 0. The molecule has 1 saturated heterocycles. The minimum atomic E-state index is 0.336. The van der Waals surface area contributed by atoms with Gasteiger partial charge in [-0.15, -0.1) is 0 Å². The fourth-order valence-electron chi connectivity index (χ4n) is 2.47. The maximum absolute atomic E-state index is 5.45. The zero-order valence-electron chi connectivity index (χ0n) is 11.2. The fraction of sp³-hybridized carbons (Fsp3) is 1.00. The Morgan fingerprint density at radius 3 is 2.62 bits per heavy atom. The van der Waals surface area contributed by atoms with Crippen molar-refractivity contribution in [3.8, 4) is 0 Å². The van der Waals surface area contributed by atoms with Crippen LogP contribution in [-0.2, 0) is 4.74 Å². The molecule has 0 amide bonds. The van der Waals surface area contributed by atoms with Gasteiger partial charge in [0.1, 0.15) is 0 Å². The van der Waals surface area contributed by atoms with Crippen LogP contribution in [0.25, 0.3) is 0 Å². The predicted molar refractivity (Wildman–Crippen MR) is 68.9 cm³/mol. The second kappa shape index (κ2) is 7.25. The topological polar surface area (TPSA) is 24.5 Å². The van der Waals surface area contributed by atoms with E-state index in [2.05, 4.69) is 31.0 Å². The molecule has 0 radical (unpaired) electrons. The second-order valence-electron chi connectivity index (χ2n) is 4.74. The first kappa shape index (κ1) is 13.9. The van der Waals surface area contributed by atoms with Gasteiger partial charge < -0.3 is 10.1 Å². The van der Waals surface area contributed by atoms with Crippen LogP contribution in [0.15, 0.2) is 0 Å². The van der Waals surface area contributed by atoms with Gasteiger partial charge in [-0.2, -0.15) is 0 Å². The van der Waals surface area contributed by atoms with Crippen molar-refractivity contribution in [1.29, 1.82) is 0 Å². The van der Waals surface area contributed by atoms with Crippen molar-refractivity contribution in [2.45, 2.75) is 45.6 Å². The highest BCUT2D eigenvalue weighted by Crippen LogP contribution is 2.19. The fourth-order valence-corrected chi connectivity index (χ4v) is 2.47. The zero-order chi connectivity index (χ0) is 11.9. The van der Waals surface area contributed by atoms with Gasteiger partial charge in [-0.05, 0) is 39.3 Å². The van der Waals surface area contributed by atoms with E-state index in [1.807, 2.05) is 0 Å². The summed E-state index contributed by atoms with van der Waals surface area (Å²) in [4.78, 5) is 2.56. The van der Waals surface area contributed by atoms with Crippen LogP contribution >= 0.6 is 0 Å². The Balaban J connectivity index is 2.44. The smallest absolute Gasteiger partial charge is 0.0593 e. The van der Waals surface area contributed by atoms with Crippen molar-refractivity contribution >= 4 is 0 Å². The molecule has 3 nitrogen and oxygen atoms in total. The molecule has 16 heavy (non-hydrogen) atoms. The Kier molecular flexibility index (Phi) is 6.32. The molecule has 1 fully saturated rings. The van der Waals surface area contributed by atoms with Gasteiger partial charge >= 0.3 is 0 Å². The molecule has 0 saturated carbocycles. The zero-order valence-corrected chi connectivity index (χ0v) is 11.2. The Morgan fingerprint density at radius 2 is 2.00 bits per heavy atom. The van der Waals surface area contributed by atoms with Crippen LogP contribution in [0, 0.1) is 0 Å². The second-order valence-corrected chi connectivity index (χ2v) is 4.74. The summed E-state index contributed by atoms with van der Waals surface area (Å²) in [6, 6.07) is 0. The molecule has 0 spiro atoms. The Labute approximate surface area is 101 Å². The van der Waals surface area contributed by atoms with Gasteiger partial charge in [-0.25, -0.2) is 0 Å². The summed E-state index contributed by atoms with van der Waals surface area (Å²) in [5, 5.41) is 3.73. The maximum Gasteiger partial charge on any atom is 0.0593 e. The number of ether oxygens (including phenoxy) is 1. The lowest BCUT2D eigenvalue weighted by Crippen LogP contribution is -2.51. The first-order valence-corrected chi connectivity index (χ1v) is 6.81. The lowest BCUT2D eigenvalue weighted by atomic mass is 9.92. The third-order valence-corrected chi connectivity index (χ3v) is 3.79. The van der Waals surface area contributed by atoms with Crippen LogP contribution in [0.2, 0.25) is 0 Å². The highest BCUT2D eigenvalue weighted by atomic mass is 16.5. The van der Waals surface area contributed by atoms with E-state index in [0.29, 0.717) is 5.54 Å². The largest absolute Gasteiger partial charge is 0.380 e. The molecular formula is C13H28N2O. The van der Waals surface area contributed by atoms with Crippen LogP contribution in [0.4, 0.5) is 0 Å². The van der Waals surface area contributed by atoms with Crippen LogP contribution < -0.4 is 5.32 Å². The number of nitrogens with one attached hydrogen (secondary N) is 1. The summed E-state index contributed by atoms with van der Waals surface area (Å²) in [5.41, 5.74) is 0.336. The molecule has 0 aromatic heterocycles. The number of hydrogen-bond acceptors (Lipinski definition) is 3. The molecule has 0 aromatic carbocycles. The molecule has 1 rings (SSSR count). The van der Waals surface area contributed by atoms with E-state index >= 15 is 0 Å². The number of nitrogens with zero attached hydrogens (tertiary/aromatic N) is 1. The quantitative estimate of drug-likeness (QED) is 0.703. The monoisotopic (exact) mass is 228 g/mol. The summed E-state index contributed by atoms with van der Waals surface area (Å²) in [7, 11) is 0. The van der Waals surface area contributed by atoms with Gasteiger partial charge in [0.25, 0.3) is 0 Å². The predicted octanol–water partition coefficient (Wildman–Crippen LogP) is 1.88. The van der Waals surface area contributed by atoms with Crippen molar-refractivity contribution in [3.05, 3.63) is 0 Å². The van der Waals surface area contributed by atoms with Crippen LogP contribution in [0.3, 0.4) is 0 Å². The third kappa shape index (κ3) is 4.04. The van der Waals surface area contributed by atoms with E-state index in [0.717, 1.165) is 26.3 Å². The van der Waals surface area contributed by atoms with Crippen molar-refractivity contribution in [2.75, 3.05) is 39.4 Å². The van der Waals surface area contributed by atoms with Gasteiger partial charge in [0.2, 0.25) is 0 Å². The first-order valence-electron chi connectivity index (χ1n) is 6.81. The van der Waals surface area contributed by atoms with Gasteiger partial charge in [0, 0.05) is 25.2 Å². The standard InChI is InChI=1S/C13H28N2O/c1-4-13(5-2)12-15(9-7-8-14-13)10-11-16-6-3/h14H,4-12H2,1-3H3. The average molecular weight is 228 g/mol. The molecule has 0 aromatic rings. The molecule has 1 heterocycles. The highest BCUT2D eigenvalue weighted by molar-refractivity contribution is 4.90. The molecule has 0 aliphatic carbocycles. The van der Waals surface area contributed by atoms with Gasteiger partial charge in [-0.3, -0.25) is 4.90 Å². The molecule has 0 unspecified atom stereocenters. The van der Waals surface area contributed by atoms with Crippen molar-refractivity contribution < 1.29 is 4.74 Å². The Hall–Kier alpha value is -0.120. The summed E-state index contributed by atoms with van der Waals surface area (Å²) in [6.07, 6.45) is 3.69. The summed E-state index contributed by atoms with van der Waals surface area (Å²) in [6.45, 7) is 13.0. The summed E-state index contributed by atoms with van der Waals surface area (Å²) in [5.74, 6) is 0. The lowest BCUT2D eigenvalue weighted by molar-refractivity contribution is 0.102. The molecule has 3 heteroatoms. The Bertz CT molecular complexity index is 181. The molecular weight excluding hydrogens is 200 g/mol. The van der Waals surface area contributed by atoms with E-state index in [9.17, 15) is 0 Å². The summed E-state index contributed by atoms with van der Waals surface area (Å²) < 4.78 is 5.45. The molecule has 0 atom stereocenters. The van der Waals surface area contributed by atoms with E-state index in [4.69, 9.17) is 4.74 Å². The molecule has 1 aliphatic rings. The maximum atomic E-state index is 5.45. The SMILES string of the molecule is CCOCCN1CCCNC(CC)(CC)C1. The van der Waals surface area contributed by atoms with Gasteiger partial charge in [0.15, 0.2) is 0 Å². The van der Waals surface area contributed by atoms with E-state index in [1.54, 1.807) is 0 Å². The molecule has 0 bridgehead atoms. The van der Waals surface area contributed by atoms with E-state index < -0.39 is 0 Å². The average Bonchev–Trinajstić information content (AvgIpc) is 2.53. The molecule has 96 valence electrons. The van der Waals surface area contributed by atoms with Gasteiger partial charge in [0.05, 0.1) is 6.61 Å². The number of rotatable bonds is 6. The van der Waals surface area contributed by atoms with E-state index in [-0.39, 0.29) is 0 Å².